The van der Waals surface area contributed by atoms with Crippen LogP contribution in [0.1, 0.15) is 39.0 Å². The van der Waals surface area contributed by atoms with Crippen molar-refractivity contribution in [2.24, 2.45) is 22.9 Å². The highest BCUT2D eigenvalue weighted by Gasteiger charge is 2.51. The van der Waals surface area contributed by atoms with Crippen LogP contribution in [-0.4, -0.2) is 45.8 Å². The van der Waals surface area contributed by atoms with Crippen molar-refractivity contribution in [3.63, 3.8) is 0 Å². The summed E-state index contributed by atoms with van der Waals surface area (Å²) in [6, 6.07) is 0. The first-order valence-corrected chi connectivity index (χ1v) is 7.80. The van der Waals surface area contributed by atoms with Gasteiger partial charge in [0, 0.05) is 11.8 Å². The molecule has 0 saturated heterocycles. The van der Waals surface area contributed by atoms with Crippen LogP contribution < -0.4 is 0 Å². The largest absolute Gasteiger partial charge is 0.481 e. The highest BCUT2D eigenvalue weighted by Crippen LogP contribution is 2.47. The molecule has 0 radical (unpaired) electrons. The minimum absolute atomic E-state index is 0.0607. The third-order valence-electron chi connectivity index (χ3n) is 4.33. The molecule has 2 fully saturated rings. The second-order valence-electron chi connectivity index (χ2n) is 5.96. The molecule has 2 aliphatic rings. The topological polar surface area (TPSA) is 99.4 Å². The molecule has 5 atom stereocenters. The Morgan fingerprint density at radius 1 is 1.55 bits per heavy atom. The van der Waals surface area contributed by atoms with Gasteiger partial charge in [-0.05, 0) is 25.2 Å². The number of carbonyl (C=O) groups is 1. The van der Waals surface area contributed by atoms with E-state index in [0.29, 0.717) is 12.8 Å². The highest BCUT2D eigenvalue weighted by molar-refractivity contribution is 5.93. The number of fused-ring (bicyclic) bond motifs is 1. The van der Waals surface area contributed by atoms with E-state index in [4.69, 9.17) is 9.94 Å². The zero-order valence-corrected chi connectivity index (χ0v) is 12.7. The van der Waals surface area contributed by atoms with Gasteiger partial charge in [0.05, 0.1) is 18.2 Å². The molecule has 0 bridgehead atoms. The van der Waals surface area contributed by atoms with Crippen LogP contribution in [0.3, 0.4) is 0 Å². The van der Waals surface area contributed by atoms with Crippen LogP contribution in [0, 0.1) is 29.6 Å². The maximum Gasteiger partial charge on any atom is 0.306 e. The molecule has 0 spiro atoms. The number of hydrogen-bond donors (Lipinski definition) is 3. The van der Waals surface area contributed by atoms with E-state index in [2.05, 4.69) is 17.0 Å². The molecular formula is C16H23NO5. The second kappa shape index (κ2) is 7.61. The zero-order valence-electron chi connectivity index (χ0n) is 12.7. The summed E-state index contributed by atoms with van der Waals surface area (Å²) in [6.45, 7) is 2.05. The quantitative estimate of drug-likeness (QED) is 0.386. The molecule has 2 aliphatic carbocycles. The molecule has 0 aromatic carbocycles. The van der Waals surface area contributed by atoms with E-state index in [1.54, 1.807) is 0 Å². The van der Waals surface area contributed by atoms with Crippen molar-refractivity contribution in [2.75, 3.05) is 6.61 Å². The van der Waals surface area contributed by atoms with Gasteiger partial charge in [-0.25, -0.2) is 0 Å². The molecule has 122 valence electrons. The Labute approximate surface area is 130 Å². The molecule has 22 heavy (non-hydrogen) atoms. The SMILES string of the molecule is CCCC(O)C#CC1CC2C(=NOCCC(=O)O)CC2C1O. The van der Waals surface area contributed by atoms with Gasteiger partial charge in [-0.1, -0.05) is 30.3 Å². The van der Waals surface area contributed by atoms with Crippen molar-refractivity contribution in [3.8, 4) is 11.8 Å². The predicted molar refractivity (Wildman–Crippen MR) is 80.0 cm³/mol. The summed E-state index contributed by atoms with van der Waals surface area (Å²) in [5, 5.41) is 32.4. The Morgan fingerprint density at radius 3 is 3.00 bits per heavy atom. The maximum absolute atomic E-state index is 10.4. The molecule has 0 aromatic rings. The predicted octanol–water partition coefficient (Wildman–Crippen LogP) is 1.02. The summed E-state index contributed by atoms with van der Waals surface area (Å²) in [4.78, 5) is 15.4. The van der Waals surface area contributed by atoms with Gasteiger partial charge < -0.3 is 20.2 Å². The fraction of sp³-hybridized carbons (Fsp3) is 0.750. The zero-order chi connectivity index (χ0) is 16.1. The molecule has 2 saturated carbocycles. The number of carboxylic acids is 1. The number of aliphatic carboxylic acids is 1. The fourth-order valence-corrected chi connectivity index (χ4v) is 3.06. The maximum atomic E-state index is 10.4. The van der Waals surface area contributed by atoms with Gasteiger partial charge in [-0.15, -0.1) is 0 Å². The van der Waals surface area contributed by atoms with Gasteiger partial charge in [0.15, 0.2) is 0 Å². The van der Waals surface area contributed by atoms with E-state index in [9.17, 15) is 15.0 Å². The number of carboxylic acid groups (broad SMARTS) is 1. The van der Waals surface area contributed by atoms with E-state index in [1.807, 2.05) is 6.92 Å². The number of rotatable bonds is 6. The lowest BCUT2D eigenvalue weighted by Crippen LogP contribution is -2.38. The first-order chi connectivity index (χ1) is 10.5. The molecule has 3 N–H and O–H groups in total. The van der Waals surface area contributed by atoms with Gasteiger partial charge >= 0.3 is 5.97 Å². The van der Waals surface area contributed by atoms with Crippen molar-refractivity contribution >= 4 is 11.7 Å². The normalized spacial score (nSPS) is 32.6. The van der Waals surface area contributed by atoms with E-state index >= 15 is 0 Å². The molecule has 6 nitrogen and oxygen atoms in total. The first-order valence-electron chi connectivity index (χ1n) is 7.80. The molecule has 0 amide bonds. The van der Waals surface area contributed by atoms with Gasteiger partial charge in [0.1, 0.15) is 12.7 Å². The summed E-state index contributed by atoms with van der Waals surface area (Å²) >= 11 is 0. The standard InChI is InChI=1S/C16H23NO5/c1-2-3-11(18)5-4-10-8-12-13(16(10)21)9-14(12)17-22-7-6-15(19)20/h10-13,16,18,21H,2-3,6-9H2,1H3,(H,19,20). The summed E-state index contributed by atoms with van der Waals surface area (Å²) in [6.07, 6.45) is 1.74. The van der Waals surface area contributed by atoms with E-state index < -0.39 is 18.2 Å². The minimum atomic E-state index is -0.913. The molecule has 6 heteroatoms. The summed E-state index contributed by atoms with van der Waals surface area (Å²) < 4.78 is 0. The lowest BCUT2D eigenvalue weighted by Gasteiger charge is -2.33. The molecular weight excluding hydrogens is 286 g/mol. The lowest BCUT2D eigenvalue weighted by molar-refractivity contribution is -0.138. The van der Waals surface area contributed by atoms with Crippen LogP contribution in [0.4, 0.5) is 0 Å². The van der Waals surface area contributed by atoms with Crippen LogP contribution >= 0.6 is 0 Å². The number of nitrogens with zero attached hydrogens (tertiary/aromatic N) is 1. The van der Waals surface area contributed by atoms with Gasteiger partial charge in [-0.2, -0.15) is 0 Å². The van der Waals surface area contributed by atoms with Gasteiger partial charge in [0.2, 0.25) is 0 Å². The monoisotopic (exact) mass is 309 g/mol. The minimum Gasteiger partial charge on any atom is -0.481 e. The Kier molecular flexibility index (Phi) is 5.81. The Bertz CT molecular complexity index is 492. The third kappa shape index (κ3) is 3.99. The number of hydrogen-bond acceptors (Lipinski definition) is 5. The summed E-state index contributed by atoms with van der Waals surface area (Å²) in [5.74, 6) is 5.09. The van der Waals surface area contributed by atoms with Crippen LogP contribution in [0.25, 0.3) is 0 Å². The Hall–Kier alpha value is -1.58. The van der Waals surface area contributed by atoms with Crippen molar-refractivity contribution in [3.05, 3.63) is 0 Å². The van der Waals surface area contributed by atoms with Gasteiger partial charge in [0.25, 0.3) is 0 Å². The van der Waals surface area contributed by atoms with Crippen molar-refractivity contribution in [2.45, 2.75) is 51.2 Å². The lowest BCUT2D eigenvalue weighted by atomic mass is 9.73. The molecule has 0 aliphatic heterocycles. The van der Waals surface area contributed by atoms with Crippen molar-refractivity contribution in [1.29, 1.82) is 0 Å². The number of aliphatic hydroxyl groups excluding tert-OH is 2. The van der Waals surface area contributed by atoms with Crippen molar-refractivity contribution < 1.29 is 25.0 Å². The summed E-state index contributed by atoms with van der Waals surface area (Å²) in [5.41, 5.74) is 0.882. The van der Waals surface area contributed by atoms with Crippen molar-refractivity contribution in [1.82, 2.24) is 0 Å². The summed E-state index contributed by atoms with van der Waals surface area (Å²) in [7, 11) is 0. The Balaban J connectivity index is 1.83. The average molecular weight is 309 g/mol. The molecule has 2 rings (SSSR count). The molecule has 0 heterocycles. The Morgan fingerprint density at radius 2 is 2.32 bits per heavy atom. The van der Waals surface area contributed by atoms with Crippen LogP contribution in [0.5, 0.6) is 0 Å². The number of oxime groups is 1. The highest BCUT2D eigenvalue weighted by atomic mass is 16.6. The van der Waals surface area contributed by atoms with E-state index in [1.165, 1.54) is 0 Å². The average Bonchev–Trinajstić information content (AvgIpc) is 2.68. The smallest absolute Gasteiger partial charge is 0.306 e. The van der Waals surface area contributed by atoms with Crippen LogP contribution in [0.15, 0.2) is 5.16 Å². The van der Waals surface area contributed by atoms with E-state index in [-0.39, 0.29) is 30.8 Å². The van der Waals surface area contributed by atoms with Gasteiger partial charge in [-0.3, -0.25) is 4.79 Å². The second-order valence-corrected chi connectivity index (χ2v) is 5.96. The number of aliphatic hydroxyl groups is 2. The molecule has 0 aromatic heterocycles. The van der Waals surface area contributed by atoms with Crippen LogP contribution in [-0.2, 0) is 9.63 Å². The first kappa shape index (κ1) is 16.8. The molecule has 5 unspecified atom stereocenters. The fourth-order valence-electron chi connectivity index (χ4n) is 3.06. The van der Waals surface area contributed by atoms with Crippen LogP contribution in [0.2, 0.25) is 0 Å². The third-order valence-corrected chi connectivity index (χ3v) is 4.33. The van der Waals surface area contributed by atoms with E-state index in [0.717, 1.165) is 18.6 Å².